The van der Waals surface area contributed by atoms with Gasteiger partial charge in [0, 0.05) is 30.1 Å². The van der Waals surface area contributed by atoms with Crippen molar-refractivity contribution in [2.45, 2.75) is 24.9 Å². The Labute approximate surface area is 124 Å². The number of para-hydroxylation sites is 1. The van der Waals surface area contributed by atoms with Gasteiger partial charge in [0.05, 0.1) is 5.52 Å². The van der Waals surface area contributed by atoms with Gasteiger partial charge in [0.15, 0.2) is 0 Å². The second-order valence-corrected chi connectivity index (χ2v) is 5.73. The zero-order valence-corrected chi connectivity index (χ0v) is 11.9. The van der Waals surface area contributed by atoms with Crippen molar-refractivity contribution >= 4 is 10.9 Å². The molecule has 1 saturated carbocycles. The van der Waals surface area contributed by atoms with Gasteiger partial charge in [-0.25, -0.2) is 0 Å². The molecular weight excluding hydrogens is 256 g/mol. The van der Waals surface area contributed by atoms with Crippen molar-refractivity contribution in [3.05, 3.63) is 78.0 Å². The fraction of sp³-hybridized carbons (Fsp3) is 0.211. The first-order valence-electron chi connectivity index (χ1n) is 7.53. The Kier molecular flexibility index (Phi) is 3.17. The number of nitrogens with one attached hydrogen (secondary N) is 1. The van der Waals surface area contributed by atoms with Crippen LogP contribution in [0.3, 0.4) is 0 Å². The van der Waals surface area contributed by atoms with Gasteiger partial charge in [0.25, 0.3) is 0 Å². The van der Waals surface area contributed by atoms with Crippen LogP contribution in [0.2, 0.25) is 0 Å². The van der Waals surface area contributed by atoms with Crippen molar-refractivity contribution in [1.82, 2.24) is 10.3 Å². The minimum atomic E-state index is 0.610. The number of fused-ring (bicyclic) bond motifs is 1. The standard InChI is InChI=1S/C19H18N2/c1-2-6-14(7-3-1)17-12-19(17)21-13-15-10-11-20-18-9-5-4-8-16(15)18/h1-11,17,19,21H,12-13H2. The zero-order chi connectivity index (χ0) is 14.1. The maximum absolute atomic E-state index is 4.42. The molecule has 2 heteroatoms. The van der Waals surface area contributed by atoms with Crippen LogP contribution in [0.5, 0.6) is 0 Å². The lowest BCUT2D eigenvalue weighted by Crippen LogP contribution is -2.17. The fourth-order valence-electron chi connectivity index (χ4n) is 3.04. The summed E-state index contributed by atoms with van der Waals surface area (Å²) in [5.41, 5.74) is 3.86. The Bertz CT molecular complexity index is 746. The Balaban J connectivity index is 1.46. The minimum Gasteiger partial charge on any atom is -0.309 e. The number of hydrogen-bond acceptors (Lipinski definition) is 2. The highest BCUT2D eigenvalue weighted by Crippen LogP contribution is 2.40. The summed E-state index contributed by atoms with van der Waals surface area (Å²) in [6, 6.07) is 21.9. The summed E-state index contributed by atoms with van der Waals surface area (Å²) in [6.07, 6.45) is 3.15. The minimum absolute atomic E-state index is 0.610. The molecule has 4 rings (SSSR count). The summed E-state index contributed by atoms with van der Waals surface area (Å²) in [4.78, 5) is 4.42. The van der Waals surface area contributed by atoms with Gasteiger partial charge < -0.3 is 5.32 Å². The van der Waals surface area contributed by atoms with Gasteiger partial charge in [-0.05, 0) is 29.7 Å². The quantitative estimate of drug-likeness (QED) is 0.781. The number of benzene rings is 2. The molecule has 0 aliphatic heterocycles. The van der Waals surface area contributed by atoms with Crippen molar-refractivity contribution < 1.29 is 0 Å². The molecule has 1 aliphatic carbocycles. The third-order valence-corrected chi connectivity index (χ3v) is 4.31. The van der Waals surface area contributed by atoms with E-state index in [1.165, 1.54) is 22.9 Å². The van der Waals surface area contributed by atoms with E-state index >= 15 is 0 Å². The van der Waals surface area contributed by atoms with E-state index in [4.69, 9.17) is 0 Å². The van der Waals surface area contributed by atoms with Crippen molar-refractivity contribution in [3.63, 3.8) is 0 Å². The average Bonchev–Trinajstić information content (AvgIpc) is 3.33. The molecule has 3 aromatic rings. The summed E-state index contributed by atoms with van der Waals surface area (Å²) in [5, 5.41) is 4.94. The highest BCUT2D eigenvalue weighted by molar-refractivity contribution is 5.81. The van der Waals surface area contributed by atoms with Crippen molar-refractivity contribution in [3.8, 4) is 0 Å². The van der Waals surface area contributed by atoms with Crippen molar-refractivity contribution in [1.29, 1.82) is 0 Å². The van der Waals surface area contributed by atoms with Crippen LogP contribution < -0.4 is 5.32 Å². The Morgan fingerprint density at radius 3 is 2.67 bits per heavy atom. The first-order chi connectivity index (χ1) is 10.4. The Hall–Kier alpha value is -2.19. The molecule has 0 spiro atoms. The molecule has 1 aliphatic rings. The molecule has 0 bridgehead atoms. The maximum atomic E-state index is 4.42. The number of hydrogen-bond donors (Lipinski definition) is 1. The molecule has 2 aromatic carbocycles. The fourth-order valence-corrected chi connectivity index (χ4v) is 3.04. The largest absolute Gasteiger partial charge is 0.309 e. The van der Waals surface area contributed by atoms with E-state index in [0.29, 0.717) is 12.0 Å². The Morgan fingerprint density at radius 1 is 0.952 bits per heavy atom. The number of aromatic nitrogens is 1. The predicted molar refractivity (Wildman–Crippen MR) is 86.2 cm³/mol. The van der Waals surface area contributed by atoms with E-state index in [1.54, 1.807) is 0 Å². The van der Waals surface area contributed by atoms with Crippen molar-refractivity contribution in [2.24, 2.45) is 0 Å². The number of nitrogens with zero attached hydrogens (tertiary/aromatic N) is 1. The molecule has 2 atom stereocenters. The molecule has 1 aromatic heterocycles. The van der Waals surface area contributed by atoms with Crippen LogP contribution in [-0.2, 0) is 6.54 Å². The van der Waals surface area contributed by atoms with E-state index < -0.39 is 0 Å². The smallest absolute Gasteiger partial charge is 0.0705 e. The highest BCUT2D eigenvalue weighted by atomic mass is 15.0. The monoisotopic (exact) mass is 274 g/mol. The molecule has 0 radical (unpaired) electrons. The third-order valence-electron chi connectivity index (χ3n) is 4.31. The molecule has 2 unspecified atom stereocenters. The van der Waals surface area contributed by atoms with Crippen LogP contribution >= 0.6 is 0 Å². The number of rotatable bonds is 4. The molecule has 2 nitrogen and oxygen atoms in total. The van der Waals surface area contributed by atoms with Gasteiger partial charge in [0.2, 0.25) is 0 Å². The summed E-state index contributed by atoms with van der Waals surface area (Å²) in [7, 11) is 0. The van der Waals surface area contributed by atoms with Gasteiger partial charge in [-0.2, -0.15) is 0 Å². The van der Waals surface area contributed by atoms with Crippen LogP contribution in [0.25, 0.3) is 10.9 Å². The second-order valence-electron chi connectivity index (χ2n) is 5.73. The van der Waals surface area contributed by atoms with Gasteiger partial charge in [0.1, 0.15) is 0 Å². The van der Waals surface area contributed by atoms with Crippen LogP contribution in [0.1, 0.15) is 23.5 Å². The molecule has 0 saturated heterocycles. The van der Waals surface area contributed by atoms with Crippen LogP contribution in [0, 0.1) is 0 Å². The molecule has 0 amide bonds. The third kappa shape index (κ3) is 2.55. The van der Waals surface area contributed by atoms with Gasteiger partial charge in [-0.15, -0.1) is 0 Å². The van der Waals surface area contributed by atoms with E-state index in [1.807, 2.05) is 12.3 Å². The van der Waals surface area contributed by atoms with Crippen LogP contribution in [0.4, 0.5) is 0 Å². The maximum Gasteiger partial charge on any atom is 0.0705 e. The summed E-state index contributed by atoms with van der Waals surface area (Å²) in [6.45, 7) is 0.914. The molecular formula is C19H18N2. The highest BCUT2D eigenvalue weighted by Gasteiger charge is 2.37. The van der Waals surface area contributed by atoms with E-state index in [9.17, 15) is 0 Å². The second kappa shape index (κ2) is 5.30. The predicted octanol–water partition coefficient (Wildman–Crippen LogP) is 3.88. The summed E-state index contributed by atoms with van der Waals surface area (Å²) >= 11 is 0. The SMILES string of the molecule is c1ccc(C2CC2NCc2ccnc3ccccc23)cc1. The summed E-state index contributed by atoms with van der Waals surface area (Å²) < 4.78 is 0. The van der Waals surface area contributed by atoms with Gasteiger partial charge in [-0.3, -0.25) is 4.98 Å². The Morgan fingerprint density at radius 2 is 1.76 bits per heavy atom. The topological polar surface area (TPSA) is 24.9 Å². The van der Waals surface area contributed by atoms with E-state index in [-0.39, 0.29) is 0 Å². The first-order valence-corrected chi connectivity index (χ1v) is 7.53. The summed E-state index contributed by atoms with van der Waals surface area (Å²) in [5.74, 6) is 0.680. The molecule has 1 heterocycles. The molecule has 104 valence electrons. The lowest BCUT2D eigenvalue weighted by Gasteiger charge is -2.07. The normalized spacial score (nSPS) is 20.6. The lowest BCUT2D eigenvalue weighted by molar-refractivity contribution is 0.675. The molecule has 1 N–H and O–H groups in total. The van der Waals surface area contributed by atoms with Crippen molar-refractivity contribution in [2.75, 3.05) is 0 Å². The van der Waals surface area contributed by atoms with Crippen LogP contribution in [0.15, 0.2) is 66.9 Å². The van der Waals surface area contributed by atoms with Crippen LogP contribution in [-0.4, -0.2) is 11.0 Å². The van der Waals surface area contributed by atoms with Gasteiger partial charge >= 0.3 is 0 Å². The lowest BCUT2D eigenvalue weighted by atomic mass is 10.1. The van der Waals surface area contributed by atoms with E-state index in [0.717, 1.165) is 12.1 Å². The average molecular weight is 274 g/mol. The molecule has 1 fully saturated rings. The first kappa shape index (κ1) is 12.5. The van der Waals surface area contributed by atoms with E-state index in [2.05, 4.69) is 64.9 Å². The number of pyridine rings is 1. The molecule has 21 heavy (non-hydrogen) atoms. The van der Waals surface area contributed by atoms with Gasteiger partial charge in [-0.1, -0.05) is 48.5 Å². The zero-order valence-electron chi connectivity index (χ0n) is 11.9.